The molecule has 1 aromatic carbocycles. The molecule has 0 saturated carbocycles. The van der Waals surface area contributed by atoms with Gasteiger partial charge in [-0.1, -0.05) is 30.3 Å². The predicted molar refractivity (Wildman–Crippen MR) is 82.4 cm³/mol. The van der Waals surface area contributed by atoms with Gasteiger partial charge in [0.1, 0.15) is 11.3 Å². The molecule has 5 heteroatoms. The van der Waals surface area contributed by atoms with Crippen molar-refractivity contribution in [3.05, 3.63) is 42.7 Å². The third-order valence-electron chi connectivity index (χ3n) is 3.79. The highest BCUT2D eigenvalue weighted by Crippen LogP contribution is 2.27. The molecule has 1 N–H and O–H groups in total. The molecule has 21 heavy (non-hydrogen) atoms. The summed E-state index contributed by atoms with van der Waals surface area (Å²) in [6, 6.07) is 10.3. The van der Waals surface area contributed by atoms with Crippen molar-refractivity contribution in [2.24, 2.45) is 0 Å². The van der Waals surface area contributed by atoms with Gasteiger partial charge in [-0.05, 0) is 5.56 Å². The molecule has 4 rings (SSSR count). The van der Waals surface area contributed by atoms with E-state index < -0.39 is 0 Å². The van der Waals surface area contributed by atoms with E-state index in [1.54, 1.807) is 0 Å². The van der Waals surface area contributed by atoms with Crippen LogP contribution in [0.15, 0.2) is 42.7 Å². The molecule has 106 valence electrons. The quantitative estimate of drug-likeness (QED) is 0.783. The Morgan fingerprint density at radius 2 is 1.90 bits per heavy atom. The number of fused-ring (bicyclic) bond motifs is 1. The van der Waals surface area contributed by atoms with Gasteiger partial charge in [0.15, 0.2) is 5.65 Å². The third-order valence-corrected chi connectivity index (χ3v) is 3.79. The van der Waals surface area contributed by atoms with Gasteiger partial charge in [0.2, 0.25) is 0 Å². The van der Waals surface area contributed by atoms with E-state index in [9.17, 15) is 0 Å². The van der Waals surface area contributed by atoms with Crippen molar-refractivity contribution in [2.75, 3.05) is 31.2 Å². The zero-order chi connectivity index (χ0) is 14.1. The molecular weight excluding hydrogens is 264 g/mol. The number of aromatic amines is 1. The Bertz CT molecular complexity index is 747. The summed E-state index contributed by atoms with van der Waals surface area (Å²) >= 11 is 0. The van der Waals surface area contributed by atoms with Crippen LogP contribution in [0.1, 0.15) is 0 Å². The minimum Gasteiger partial charge on any atom is -0.378 e. The summed E-state index contributed by atoms with van der Waals surface area (Å²) in [7, 11) is 0. The van der Waals surface area contributed by atoms with Crippen LogP contribution < -0.4 is 4.90 Å². The van der Waals surface area contributed by atoms with E-state index in [1.165, 1.54) is 0 Å². The van der Waals surface area contributed by atoms with Crippen LogP contribution in [0.25, 0.3) is 22.3 Å². The molecule has 2 aromatic heterocycles. The second-order valence-electron chi connectivity index (χ2n) is 5.09. The first-order valence-corrected chi connectivity index (χ1v) is 7.14. The lowest BCUT2D eigenvalue weighted by Gasteiger charge is -2.27. The lowest BCUT2D eigenvalue weighted by molar-refractivity contribution is 0.122. The van der Waals surface area contributed by atoms with Crippen LogP contribution in [0.5, 0.6) is 0 Å². The molecular formula is C16H16N4O. The van der Waals surface area contributed by atoms with E-state index in [0.29, 0.717) is 0 Å². The number of rotatable bonds is 2. The number of H-pyrrole nitrogens is 1. The number of morpholine rings is 1. The maximum Gasteiger partial charge on any atom is 0.156 e. The number of benzene rings is 1. The van der Waals surface area contributed by atoms with Gasteiger partial charge >= 0.3 is 0 Å². The zero-order valence-corrected chi connectivity index (χ0v) is 11.6. The Morgan fingerprint density at radius 1 is 1.10 bits per heavy atom. The van der Waals surface area contributed by atoms with Crippen LogP contribution >= 0.6 is 0 Å². The van der Waals surface area contributed by atoms with Gasteiger partial charge < -0.3 is 14.6 Å². The van der Waals surface area contributed by atoms with E-state index in [4.69, 9.17) is 9.72 Å². The van der Waals surface area contributed by atoms with Gasteiger partial charge in [-0.3, -0.25) is 0 Å². The van der Waals surface area contributed by atoms with E-state index in [1.807, 2.05) is 30.6 Å². The van der Waals surface area contributed by atoms with Gasteiger partial charge in [0, 0.05) is 24.8 Å². The molecule has 0 radical (unpaired) electrons. The largest absolute Gasteiger partial charge is 0.378 e. The molecule has 3 heterocycles. The first-order chi connectivity index (χ1) is 10.4. The molecule has 0 spiro atoms. The first-order valence-electron chi connectivity index (χ1n) is 7.14. The summed E-state index contributed by atoms with van der Waals surface area (Å²) in [6.07, 6.45) is 3.81. The highest BCUT2D eigenvalue weighted by atomic mass is 16.5. The van der Waals surface area contributed by atoms with Crippen molar-refractivity contribution in [2.45, 2.75) is 0 Å². The topological polar surface area (TPSA) is 54.0 Å². The van der Waals surface area contributed by atoms with Gasteiger partial charge in [-0.25, -0.2) is 9.97 Å². The van der Waals surface area contributed by atoms with Crippen LogP contribution in [0.3, 0.4) is 0 Å². The van der Waals surface area contributed by atoms with Crippen molar-refractivity contribution < 1.29 is 4.74 Å². The molecule has 0 unspecified atom stereocenters. The Labute approximate surface area is 122 Å². The fourth-order valence-electron chi connectivity index (χ4n) is 2.66. The monoisotopic (exact) mass is 280 g/mol. The molecule has 1 aliphatic heterocycles. The van der Waals surface area contributed by atoms with Crippen molar-refractivity contribution in [1.82, 2.24) is 15.0 Å². The molecule has 1 fully saturated rings. The lowest BCUT2D eigenvalue weighted by atomic mass is 10.1. The summed E-state index contributed by atoms with van der Waals surface area (Å²) in [4.78, 5) is 14.7. The van der Waals surface area contributed by atoms with Crippen LogP contribution in [-0.4, -0.2) is 41.3 Å². The van der Waals surface area contributed by atoms with E-state index in [2.05, 4.69) is 27.0 Å². The molecule has 0 amide bonds. The lowest BCUT2D eigenvalue weighted by Crippen LogP contribution is -2.36. The summed E-state index contributed by atoms with van der Waals surface area (Å²) in [5, 5.41) is 0. The summed E-state index contributed by atoms with van der Waals surface area (Å²) < 4.78 is 5.39. The summed E-state index contributed by atoms with van der Waals surface area (Å²) in [5.41, 5.74) is 3.99. The fraction of sp³-hybridized carbons (Fsp3) is 0.250. The number of ether oxygens (including phenoxy) is 1. The highest BCUT2D eigenvalue weighted by molar-refractivity contribution is 5.91. The summed E-state index contributed by atoms with van der Waals surface area (Å²) in [5.74, 6) is 0.919. The van der Waals surface area contributed by atoms with Crippen LogP contribution in [0, 0.1) is 0 Å². The van der Waals surface area contributed by atoms with E-state index in [0.717, 1.165) is 54.4 Å². The van der Waals surface area contributed by atoms with Gasteiger partial charge in [0.05, 0.1) is 19.4 Å². The third kappa shape index (κ3) is 2.25. The Morgan fingerprint density at radius 3 is 2.71 bits per heavy atom. The van der Waals surface area contributed by atoms with E-state index in [-0.39, 0.29) is 0 Å². The Hall–Kier alpha value is -2.40. The number of anilines is 1. The Balaban J connectivity index is 1.79. The number of hydrogen-bond acceptors (Lipinski definition) is 4. The second kappa shape index (κ2) is 5.18. The molecule has 1 saturated heterocycles. The maximum absolute atomic E-state index is 5.39. The zero-order valence-electron chi connectivity index (χ0n) is 11.6. The molecule has 0 atom stereocenters. The van der Waals surface area contributed by atoms with Crippen LogP contribution in [0.4, 0.5) is 5.82 Å². The minimum atomic E-state index is 0.748. The Kier molecular flexibility index (Phi) is 3.05. The highest BCUT2D eigenvalue weighted by Gasteiger charge is 2.15. The first kappa shape index (κ1) is 12.3. The average Bonchev–Trinajstić information content (AvgIpc) is 2.99. The van der Waals surface area contributed by atoms with Crippen molar-refractivity contribution in [1.29, 1.82) is 0 Å². The SMILES string of the molecule is c1ccc(-c2c[nH]c3ncc(N4CCOCC4)nc23)cc1. The molecule has 5 nitrogen and oxygen atoms in total. The van der Waals surface area contributed by atoms with E-state index >= 15 is 0 Å². The number of hydrogen-bond donors (Lipinski definition) is 1. The number of nitrogens with zero attached hydrogens (tertiary/aromatic N) is 3. The van der Waals surface area contributed by atoms with Crippen molar-refractivity contribution in [3.63, 3.8) is 0 Å². The summed E-state index contributed by atoms with van der Waals surface area (Å²) in [6.45, 7) is 3.23. The average molecular weight is 280 g/mol. The molecule has 0 bridgehead atoms. The molecule has 1 aliphatic rings. The van der Waals surface area contributed by atoms with Crippen LogP contribution in [-0.2, 0) is 4.74 Å². The van der Waals surface area contributed by atoms with Crippen molar-refractivity contribution in [3.8, 4) is 11.1 Å². The van der Waals surface area contributed by atoms with Crippen molar-refractivity contribution >= 4 is 17.0 Å². The number of aromatic nitrogens is 3. The maximum atomic E-state index is 5.39. The number of nitrogens with one attached hydrogen (secondary N) is 1. The molecule has 0 aliphatic carbocycles. The smallest absolute Gasteiger partial charge is 0.156 e. The fourth-order valence-corrected chi connectivity index (χ4v) is 2.66. The second-order valence-corrected chi connectivity index (χ2v) is 5.09. The van der Waals surface area contributed by atoms with Gasteiger partial charge in [0.25, 0.3) is 0 Å². The van der Waals surface area contributed by atoms with Crippen LogP contribution in [0.2, 0.25) is 0 Å². The predicted octanol–water partition coefficient (Wildman–Crippen LogP) is 2.46. The van der Waals surface area contributed by atoms with Gasteiger partial charge in [-0.15, -0.1) is 0 Å². The molecule has 3 aromatic rings. The van der Waals surface area contributed by atoms with Gasteiger partial charge in [-0.2, -0.15) is 0 Å². The minimum absolute atomic E-state index is 0.748. The standard InChI is InChI=1S/C16H16N4O/c1-2-4-12(5-3-1)13-10-17-16-15(13)19-14(11-18-16)20-6-8-21-9-7-20/h1-5,10-11H,6-9H2,(H,17,18). The normalized spacial score (nSPS) is 15.5.